The van der Waals surface area contributed by atoms with E-state index in [4.69, 9.17) is 23.7 Å². The highest BCUT2D eigenvalue weighted by molar-refractivity contribution is 5.71. The van der Waals surface area contributed by atoms with E-state index < -0.39 is 49.1 Å². The van der Waals surface area contributed by atoms with E-state index in [1.54, 1.807) is 0 Å². The van der Waals surface area contributed by atoms with E-state index in [9.17, 15) is 30.3 Å². The number of aliphatic hydroxyl groups is 5. The lowest BCUT2D eigenvalue weighted by Gasteiger charge is -2.38. The molecule has 3 fully saturated rings. The summed E-state index contributed by atoms with van der Waals surface area (Å²) < 4.78 is 29.4. The van der Waals surface area contributed by atoms with Gasteiger partial charge in [-0.3, -0.25) is 0 Å². The van der Waals surface area contributed by atoms with Crippen molar-refractivity contribution in [2.45, 2.75) is 140 Å². The molecule has 5 rings (SSSR count). The first-order chi connectivity index (χ1) is 22.3. The van der Waals surface area contributed by atoms with Gasteiger partial charge in [-0.1, -0.05) is 57.6 Å². The average Bonchev–Trinajstić information content (AvgIpc) is 3.37. The highest BCUT2D eigenvalue weighted by Gasteiger charge is 2.48. The first-order valence-electron chi connectivity index (χ1n) is 17.4. The number of benzene rings is 1. The fourth-order valence-electron chi connectivity index (χ4n) is 8.04. The Labute approximate surface area is 272 Å². The van der Waals surface area contributed by atoms with Gasteiger partial charge in [0.25, 0.3) is 0 Å². The van der Waals surface area contributed by atoms with Gasteiger partial charge in [-0.15, -0.1) is 0 Å². The highest BCUT2D eigenvalue weighted by Crippen LogP contribution is 2.50. The van der Waals surface area contributed by atoms with E-state index in [0.29, 0.717) is 29.9 Å². The quantitative estimate of drug-likeness (QED) is 0.140. The van der Waals surface area contributed by atoms with E-state index >= 15 is 0 Å². The van der Waals surface area contributed by atoms with Crippen molar-refractivity contribution in [3.63, 3.8) is 0 Å². The molecule has 4 aliphatic rings. The number of unbranched alkanes of at least 4 members (excludes halogenated alkanes) is 5. The minimum absolute atomic E-state index is 0.0697. The van der Waals surface area contributed by atoms with Gasteiger partial charge in [0, 0.05) is 19.3 Å². The standard InChI is InChI=1S/C35H54O11/c1-2-3-4-5-6-7-10-25-26-12-21-9-8-11-29(42-20-32(40)46-33-16-23(38)15-24(18-36)43-33)27(21)13-22(26)14-30(25)44-34-17-28(39)35(41)31(19-37)45-34/h8-9,11,22-26,28,30-31,33-39,41H,2-7,10,12-20H2,1H3/t22-,23?,24?,25+,26-,28?,30?,31?,33?,34?,35?/m1/s1. The van der Waals surface area contributed by atoms with E-state index in [-0.39, 0.29) is 38.8 Å². The van der Waals surface area contributed by atoms with Crippen LogP contribution < -0.4 is 4.74 Å². The Balaban J connectivity index is 1.22. The molecule has 1 aromatic rings. The Kier molecular flexibility index (Phi) is 13.1. The predicted molar refractivity (Wildman–Crippen MR) is 167 cm³/mol. The summed E-state index contributed by atoms with van der Waals surface area (Å²) in [6.07, 6.45) is 5.45. The number of hydrogen-bond acceptors (Lipinski definition) is 11. The molecule has 0 radical (unpaired) electrons. The third kappa shape index (κ3) is 8.99. The second-order valence-corrected chi connectivity index (χ2v) is 13.7. The van der Waals surface area contributed by atoms with Crippen molar-refractivity contribution in [2.24, 2.45) is 17.8 Å². The number of ether oxygens (including phenoxy) is 5. The van der Waals surface area contributed by atoms with Crippen LogP contribution in [0.4, 0.5) is 0 Å². The van der Waals surface area contributed by atoms with Gasteiger partial charge in [0.05, 0.1) is 37.6 Å². The molecule has 0 aromatic heterocycles. The van der Waals surface area contributed by atoms with Crippen LogP contribution in [0.2, 0.25) is 0 Å². The summed E-state index contributed by atoms with van der Waals surface area (Å²) in [5, 5.41) is 49.7. The Morgan fingerprint density at radius 1 is 0.913 bits per heavy atom. The number of hydrogen-bond donors (Lipinski definition) is 5. The number of rotatable bonds is 15. The van der Waals surface area contributed by atoms with Crippen LogP contribution in [0.25, 0.3) is 0 Å². The molecule has 2 aliphatic heterocycles. The molecule has 0 spiro atoms. The number of carbonyl (C=O) groups excluding carboxylic acids is 1. The molecule has 8 unspecified atom stereocenters. The van der Waals surface area contributed by atoms with Crippen LogP contribution >= 0.6 is 0 Å². The second-order valence-electron chi connectivity index (χ2n) is 13.7. The summed E-state index contributed by atoms with van der Waals surface area (Å²) in [7, 11) is 0. The molecule has 2 heterocycles. The molecule has 0 bridgehead atoms. The third-order valence-corrected chi connectivity index (χ3v) is 10.4. The molecule has 0 amide bonds. The van der Waals surface area contributed by atoms with Gasteiger partial charge in [-0.05, 0) is 60.6 Å². The summed E-state index contributed by atoms with van der Waals surface area (Å²) in [6.45, 7) is 1.28. The molecule has 260 valence electrons. The van der Waals surface area contributed by atoms with E-state index in [0.717, 1.165) is 37.7 Å². The van der Waals surface area contributed by atoms with Crippen molar-refractivity contribution < 1.29 is 54.0 Å². The number of aliphatic hydroxyl groups excluding tert-OH is 5. The van der Waals surface area contributed by atoms with Crippen molar-refractivity contribution in [3.05, 3.63) is 29.3 Å². The van der Waals surface area contributed by atoms with Crippen LogP contribution in [-0.4, -0.2) is 101 Å². The average molecular weight is 651 g/mol. The summed E-state index contributed by atoms with van der Waals surface area (Å²) in [6, 6.07) is 5.96. The summed E-state index contributed by atoms with van der Waals surface area (Å²) in [5.74, 6) is 1.13. The monoisotopic (exact) mass is 650 g/mol. The number of fused-ring (bicyclic) bond motifs is 2. The van der Waals surface area contributed by atoms with E-state index in [1.807, 2.05) is 12.1 Å². The fraction of sp³-hybridized carbons (Fsp3) is 0.800. The van der Waals surface area contributed by atoms with Gasteiger partial charge < -0.3 is 49.2 Å². The smallest absolute Gasteiger partial charge is 0.346 e. The Hall–Kier alpha value is -1.83. The second kappa shape index (κ2) is 17.0. The van der Waals surface area contributed by atoms with E-state index in [2.05, 4.69) is 13.0 Å². The molecule has 11 nitrogen and oxygen atoms in total. The molecule has 11 heteroatoms. The molecule has 11 atom stereocenters. The van der Waals surface area contributed by atoms with Gasteiger partial charge >= 0.3 is 5.97 Å². The van der Waals surface area contributed by atoms with Gasteiger partial charge in [0.1, 0.15) is 18.0 Å². The van der Waals surface area contributed by atoms with Crippen molar-refractivity contribution in [2.75, 3.05) is 19.8 Å². The zero-order chi connectivity index (χ0) is 32.6. The zero-order valence-electron chi connectivity index (χ0n) is 27.1. The van der Waals surface area contributed by atoms with Crippen molar-refractivity contribution in [3.8, 4) is 5.75 Å². The Bertz CT molecular complexity index is 1100. The van der Waals surface area contributed by atoms with Gasteiger partial charge in [-0.2, -0.15) is 0 Å². The highest BCUT2D eigenvalue weighted by atomic mass is 16.7. The number of esters is 1. The Morgan fingerprint density at radius 3 is 2.50 bits per heavy atom. The van der Waals surface area contributed by atoms with Crippen molar-refractivity contribution >= 4 is 5.97 Å². The lowest BCUT2D eigenvalue weighted by Crippen LogP contribution is -2.51. The lowest BCUT2D eigenvalue weighted by molar-refractivity contribution is -0.273. The molecule has 1 saturated carbocycles. The minimum Gasteiger partial charge on any atom is -0.482 e. The maximum atomic E-state index is 12.6. The zero-order valence-corrected chi connectivity index (χ0v) is 27.1. The Morgan fingerprint density at radius 2 is 1.72 bits per heavy atom. The van der Waals surface area contributed by atoms with Crippen molar-refractivity contribution in [1.29, 1.82) is 0 Å². The first kappa shape index (κ1) is 35.5. The summed E-state index contributed by atoms with van der Waals surface area (Å²) in [5.41, 5.74) is 2.30. The first-order valence-corrected chi connectivity index (χ1v) is 17.4. The predicted octanol–water partition coefficient (Wildman–Crippen LogP) is 2.78. The van der Waals surface area contributed by atoms with Crippen LogP contribution in [0.3, 0.4) is 0 Å². The molecular weight excluding hydrogens is 596 g/mol. The number of carbonyl (C=O) groups is 1. The maximum Gasteiger partial charge on any atom is 0.346 e. The normalized spacial score (nSPS) is 35.7. The fourth-order valence-corrected chi connectivity index (χ4v) is 8.04. The molecule has 5 N–H and O–H groups in total. The molecule has 2 aliphatic carbocycles. The largest absolute Gasteiger partial charge is 0.482 e. The summed E-state index contributed by atoms with van der Waals surface area (Å²) >= 11 is 0. The summed E-state index contributed by atoms with van der Waals surface area (Å²) in [4.78, 5) is 12.6. The maximum absolute atomic E-state index is 12.6. The van der Waals surface area contributed by atoms with Crippen LogP contribution in [-0.2, 0) is 36.6 Å². The van der Waals surface area contributed by atoms with Crippen LogP contribution in [0, 0.1) is 17.8 Å². The van der Waals surface area contributed by atoms with Gasteiger partial charge in [0.15, 0.2) is 12.9 Å². The molecule has 46 heavy (non-hydrogen) atoms. The molecular formula is C35H54O11. The van der Waals surface area contributed by atoms with Crippen LogP contribution in [0.1, 0.15) is 88.7 Å². The molecule has 2 saturated heterocycles. The third-order valence-electron chi connectivity index (χ3n) is 10.4. The molecule has 1 aromatic carbocycles. The van der Waals surface area contributed by atoms with Gasteiger partial charge in [0.2, 0.25) is 6.29 Å². The lowest BCUT2D eigenvalue weighted by atomic mass is 9.73. The minimum atomic E-state index is -1.14. The van der Waals surface area contributed by atoms with Gasteiger partial charge in [-0.25, -0.2) is 4.79 Å². The topological polar surface area (TPSA) is 164 Å². The SMILES string of the molecule is CCCCCCCC[C@@H]1C(OC2CC(O)C(O)C(CO)O2)C[C@H]2Cc3c(cccc3OCC(=O)OC3CC(O)CC(CO)O3)C[C@H]21. The van der Waals surface area contributed by atoms with Crippen molar-refractivity contribution in [1.82, 2.24) is 0 Å². The van der Waals surface area contributed by atoms with Crippen LogP contribution in [0.5, 0.6) is 5.75 Å². The van der Waals surface area contributed by atoms with Crippen LogP contribution in [0.15, 0.2) is 18.2 Å². The van der Waals surface area contributed by atoms with E-state index in [1.165, 1.54) is 37.7 Å².